The van der Waals surface area contributed by atoms with Crippen LogP contribution in [-0.2, 0) is 11.3 Å². The average Bonchev–Trinajstić information content (AvgIpc) is 3.06. The number of rotatable bonds is 5. The summed E-state index contributed by atoms with van der Waals surface area (Å²) in [6, 6.07) is 8.74. The molecule has 0 aliphatic heterocycles. The number of carbonyl (C=O) groups excluding carboxylic acids is 1. The van der Waals surface area contributed by atoms with E-state index in [-0.39, 0.29) is 36.4 Å². The van der Waals surface area contributed by atoms with Gasteiger partial charge in [-0.25, -0.2) is 4.99 Å². The third-order valence-corrected chi connectivity index (χ3v) is 4.77. The largest absolute Gasteiger partial charge is 0.353 e. The third kappa shape index (κ3) is 7.52. The monoisotopic (exact) mass is 522 g/mol. The molecule has 1 saturated carbocycles. The van der Waals surface area contributed by atoms with Crippen LogP contribution in [0.3, 0.4) is 0 Å². The van der Waals surface area contributed by atoms with Crippen LogP contribution in [0.25, 0.3) is 0 Å². The highest BCUT2D eigenvalue weighted by Crippen LogP contribution is 2.18. The minimum atomic E-state index is 0. The number of hydrogen-bond acceptors (Lipinski definition) is 2. The Morgan fingerprint density at radius 1 is 1.20 bits per heavy atom. The molecule has 0 bridgehead atoms. The number of likely N-dealkylation sites (N-methyl/N-ethyl adjacent to an activating group) is 1. The molecule has 1 aromatic carbocycles. The zero-order chi connectivity index (χ0) is 17.5. The van der Waals surface area contributed by atoms with Gasteiger partial charge in [-0.3, -0.25) is 4.79 Å². The fourth-order valence-corrected chi connectivity index (χ4v) is 3.02. The van der Waals surface area contributed by atoms with Crippen LogP contribution >= 0.6 is 39.9 Å². The number of carbonyl (C=O) groups is 1. The Kier molecular flexibility index (Phi) is 9.78. The first-order valence-corrected chi connectivity index (χ1v) is 9.21. The smallest absolute Gasteiger partial charge is 0.243 e. The minimum Gasteiger partial charge on any atom is -0.353 e. The summed E-state index contributed by atoms with van der Waals surface area (Å²) < 4.78 is 1.07. The first-order chi connectivity index (χ1) is 11.5. The number of benzene rings is 1. The van der Waals surface area contributed by atoms with Crippen molar-refractivity contribution in [2.45, 2.75) is 38.3 Å². The van der Waals surface area contributed by atoms with E-state index in [0.29, 0.717) is 6.04 Å². The molecule has 5 nitrogen and oxygen atoms in total. The lowest BCUT2D eigenvalue weighted by atomic mass is 10.2. The van der Waals surface area contributed by atoms with E-state index >= 15 is 0 Å². The molecular formula is C18H28BrIN4O. The number of halogens is 2. The molecule has 140 valence electrons. The summed E-state index contributed by atoms with van der Waals surface area (Å²) in [6.45, 7) is 0.925. The van der Waals surface area contributed by atoms with Gasteiger partial charge in [-0.05, 0) is 30.5 Å². The van der Waals surface area contributed by atoms with Crippen LogP contribution in [-0.4, -0.2) is 55.4 Å². The number of amides is 1. The van der Waals surface area contributed by atoms with E-state index in [1.807, 2.05) is 19.2 Å². The summed E-state index contributed by atoms with van der Waals surface area (Å²) in [7, 11) is 5.53. The van der Waals surface area contributed by atoms with Crippen molar-refractivity contribution in [1.29, 1.82) is 0 Å². The van der Waals surface area contributed by atoms with E-state index in [0.717, 1.165) is 17.0 Å². The summed E-state index contributed by atoms with van der Waals surface area (Å²) >= 11 is 3.46. The lowest BCUT2D eigenvalue weighted by molar-refractivity contribution is -0.127. The Hall–Kier alpha value is -0.830. The van der Waals surface area contributed by atoms with Gasteiger partial charge in [0, 0.05) is 38.2 Å². The second kappa shape index (κ2) is 11.0. The van der Waals surface area contributed by atoms with Crippen molar-refractivity contribution in [3.05, 3.63) is 34.3 Å². The molecule has 1 fully saturated rings. The molecule has 1 aliphatic rings. The predicted molar refractivity (Wildman–Crippen MR) is 117 cm³/mol. The second-order valence-electron chi connectivity index (χ2n) is 6.54. The van der Waals surface area contributed by atoms with Crippen molar-refractivity contribution in [3.63, 3.8) is 0 Å². The molecule has 0 unspecified atom stereocenters. The molecule has 1 N–H and O–H groups in total. The Morgan fingerprint density at radius 2 is 1.80 bits per heavy atom. The van der Waals surface area contributed by atoms with Gasteiger partial charge in [-0.2, -0.15) is 0 Å². The Balaban J connectivity index is 0.00000312. The molecule has 2 rings (SSSR count). The zero-order valence-corrected chi connectivity index (χ0v) is 19.1. The number of nitrogens with one attached hydrogen (secondary N) is 1. The zero-order valence-electron chi connectivity index (χ0n) is 15.2. The van der Waals surface area contributed by atoms with Crippen LogP contribution in [0.2, 0.25) is 0 Å². The molecule has 0 spiro atoms. The predicted octanol–water partition coefficient (Wildman–Crippen LogP) is 3.48. The molecule has 0 aromatic heterocycles. The SMILES string of the molecule is CN(C)C(=O)CN=C(NC1CCCC1)N(C)Cc1ccc(Br)cc1.I. The van der Waals surface area contributed by atoms with Crippen molar-refractivity contribution in [2.24, 2.45) is 4.99 Å². The van der Waals surface area contributed by atoms with E-state index < -0.39 is 0 Å². The van der Waals surface area contributed by atoms with Crippen LogP contribution in [0.5, 0.6) is 0 Å². The minimum absolute atomic E-state index is 0. The number of hydrogen-bond donors (Lipinski definition) is 1. The summed E-state index contributed by atoms with van der Waals surface area (Å²) in [5.41, 5.74) is 1.21. The molecule has 1 aromatic rings. The highest BCUT2D eigenvalue weighted by atomic mass is 127. The molecule has 0 heterocycles. The van der Waals surface area contributed by atoms with Crippen molar-refractivity contribution in [3.8, 4) is 0 Å². The highest BCUT2D eigenvalue weighted by molar-refractivity contribution is 14.0. The Labute approximate surface area is 176 Å². The van der Waals surface area contributed by atoms with Crippen molar-refractivity contribution in [2.75, 3.05) is 27.7 Å². The van der Waals surface area contributed by atoms with Crippen LogP contribution in [0.15, 0.2) is 33.7 Å². The normalized spacial score (nSPS) is 14.8. The van der Waals surface area contributed by atoms with Crippen molar-refractivity contribution >= 4 is 51.8 Å². The topological polar surface area (TPSA) is 47.9 Å². The highest BCUT2D eigenvalue weighted by Gasteiger charge is 2.18. The maximum atomic E-state index is 11.9. The van der Waals surface area contributed by atoms with E-state index in [9.17, 15) is 4.79 Å². The number of nitrogens with zero attached hydrogens (tertiary/aromatic N) is 3. The van der Waals surface area contributed by atoms with Gasteiger partial charge in [0.2, 0.25) is 5.91 Å². The molecular weight excluding hydrogens is 495 g/mol. The Morgan fingerprint density at radius 3 is 2.36 bits per heavy atom. The van der Waals surface area contributed by atoms with Crippen LogP contribution in [0.4, 0.5) is 0 Å². The quantitative estimate of drug-likeness (QED) is 0.366. The maximum absolute atomic E-state index is 11.9. The fraction of sp³-hybridized carbons (Fsp3) is 0.556. The lowest BCUT2D eigenvalue weighted by Crippen LogP contribution is -2.43. The summed E-state index contributed by atoms with van der Waals surface area (Å²) in [4.78, 5) is 20.1. The van der Waals surface area contributed by atoms with E-state index in [1.54, 1.807) is 19.0 Å². The van der Waals surface area contributed by atoms with Gasteiger partial charge in [0.05, 0.1) is 0 Å². The van der Waals surface area contributed by atoms with Gasteiger partial charge in [0.15, 0.2) is 5.96 Å². The summed E-state index contributed by atoms with van der Waals surface area (Å²) in [5, 5.41) is 3.54. The Bertz CT molecular complexity index is 571. The van der Waals surface area contributed by atoms with Gasteiger partial charge in [0.1, 0.15) is 6.54 Å². The van der Waals surface area contributed by atoms with Gasteiger partial charge in [-0.15, -0.1) is 24.0 Å². The number of aliphatic imine (C=N–C) groups is 1. The molecule has 0 saturated heterocycles. The molecule has 7 heteroatoms. The standard InChI is InChI=1S/C18H27BrN4O.HI/c1-22(2)17(24)12-20-18(21-16-6-4-5-7-16)23(3)13-14-8-10-15(19)11-9-14;/h8-11,16H,4-7,12-13H2,1-3H3,(H,20,21);1H. The summed E-state index contributed by atoms with van der Waals surface area (Å²) in [5.74, 6) is 0.817. The van der Waals surface area contributed by atoms with E-state index in [2.05, 4.69) is 43.3 Å². The van der Waals surface area contributed by atoms with Gasteiger partial charge < -0.3 is 15.1 Å². The summed E-state index contributed by atoms with van der Waals surface area (Å²) in [6.07, 6.45) is 4.87. The third-order valence-electron chi connectivity index (χ3n) is 4.25. The van der Waals surface area contributed by atoms with Gasteiger partial charge >= 0.3 is 0 Å². The van der Waals surface area contributed by atoms with Crippen molar-refractivity contribution in [1.82, 2.24) is 15.1 Å². The van der Waals surface area contributed by atoms with Gasteiger partial charge in [0.25, 0.3) is 0 Å². The molecule has 0 radical (unpaired) electrons. The molecule has 25 heavy (non-hydrogen) atoms. The molecule has 0 atom stereocenters. The van der Waals surface area contributed by atoms with Crippen LogP contribution in [0.1, 0.15) is 31.2 Å². The molecule has 1 aliphatic carbocycles. The second-order valence-corrected chi connectivity index (χ2v) is 7.45. The number of guanidine groups is 1. The average molecular weight is 523 g/mol. The van der Waals surface area contributed by atoms with Crippen LogP contribution < -0.4 is 5.32 Å². The van der Waals surface area contributed by atoms with Gasteiger partial charge in [-0.1, -0.05) is 40.9 Å². The van der Waals surface area contributed by atoms with Crippen LogP contribution in [0, 0.1) is 0 Å². The van der Waals surface area contributed by atoms with Crippen molar-refractivity contribution < 1.29 is 4.79 Å². The first kappa shape index (κ1) is 22.2. The van der Waals surface area contributed by atoms with E-state index in [1.165, 1.54) is 31.2 Å². The fourth-order valence-electron chi connectivity index (χ4n) is 2.75. The van der Waals surface area contributed by atoms with E-state index in [4.69, 9.17) is 0 Å². The maximum Gasteiger partial charge on any atom is 0.243 e. The first-order valence-electron chi connectivity index (χ1n) is 8.42. The lowest BCUT2D eigenvalue weighted by Gasteiger charge is -2.25. The molecule has 1 amide bonds.